The molecule has 0 bridgehead atoms. The maximum Gasteiger partial charge on any atom is 0.225 e. The van der Waals surface area contributed by atoms with E-state index in [1.165, 1.54) is 6.07 Å². The molecule has 1 atom stereocenters. The molecule has 0 aliphatic rings. The molecule has 0 fully saturated rings. The van der Waals surface area contributed by atoms with Crippen molar-refractivity contribution in [3.05, 3.63) is 35.6 Å². The third-order valence-electron chi connectivity index (χ3n) is 2.99. The van der Waals surface area contributed by atoms with Crippen molar-refractivity contribution >= 4 is 5.91 Å². The Morgan fingerprint density at radius 3 is 2.61 bits per heavy atom. The van der Waals surface area contributed by atoms with Crippen molar-refractivity contribution in [1.82, 2.24) is 5.32 Å². The predicted molar refractivity (Wildman–Crippen MR) is 68.5 cm³/mol. The highest BCUT2D eigenvalue weighted by atomic mass is 19.1. The van der Waals surface area contributed by atoms with Gasteiger partial charge in [-0.25, -0.2) is 4.39 Å². The summed E-state index contributed by atoms with van der Waals surface area (Å²) >= 11 is 0. The van der Waals surface area contributed by atoms with E-state index in [2.05, 4.69) is 5.32 Å². The predicted octanol–water partition coefficient (Wildman–Crippen LogP) is 1.75. The van der Waals surface area contributed by atoms with Crippen molar-refractivity contribution in [2.45, 2.75) is 20.3 Å². The summed E-state index contributed by atoms with van der Waals surface area (Å²) in [6.45, 7) is 3.99. The Morgan fingerprint density at radius 2 is 2.06 bits per heavy atom. The van der Waals surface area contributed by atoms with Gasteiger partial charge in [-0.3, -0.25) is 4.79 Å². The number of carbonyl (C=O) groups is 1. The van der Waals surface area contributed by atoms with Crippen LogP contribution in [-0.4, -0.2) is 24.2 Å². The van der Waals surface area contributed by atoms with E-state index in [9.17, 15) is 9.18 Å². The van der Waals surface area contributed by atoms with Crippen molar-refractivity contribution in [3.63, 3.8) is 0 Å². The van der Waals surface area contributed by atoms with E-state index in [1.807, 2.05) is 13.8 Å². The fraction of sp³-hybridized carbons (Fsp3) is 0.500. The minimum atomic E-state index is -0.398. The lowest BCUT2D eigenvalue weighted by atomic mass is 9.96. The largest absolute Gasteiger partial charge is 0.396 e. The summed E-state index contributed by atoms with van der Waals surface area (Å²) in [5.74, 6) is -0.743. The van der Waals surface area contributed by atoms with Crippen LogP contribution in [0.3, 0.4) is 0 Å². The highest BCUT2D eigenvalue weighted by molar-refractivity contribution is 5.78. The van der Waals surface area contributed by atoms with Gasteiger partial charge in [0.1, 0.15) is 5.82 Å². The van der Waals surface area contributed by atoms with Gasteiger partial charge in [-0.05, 0) is 24.0 Å². The van der Waals surface area contributed by atoms with E-state index in [0.29, 0.717) is 18.5 Å². The topological polar surface area (TPSA) is 49.3 Å². The molecule has 0 aromatic heterocycles. The number of carbonyl (C=O) groups excluding carboxylic acids is 1. The lowest BCUT2D eigenvalue weighted by Crippen LogP contribution is -2.36. The number of aliphatic hydroxyl groups is 1. The molecule has 1 aromatic rings. The normalized spacial score (nSPS) is 12.5. The molecule has 1 aromatic carbocycles. The fourth-order valence-electron chi connectivity index (χ4n) is 1.75. The highest BCUT2D eigenvalue weighted by Gasteiger charge is 2.20. The maximum atomic E-state index is 13.3. The molecule has 0 saturated heterocycles. The van der Waals surface area contributed by atoms with E-state index >= 15 is 0 Å². The Bertz CT molecular complexity index is 393. The average Bonchev–Trinajstić information content (AvgIpc) is 2.32. The summed E-state index contributed by atoms with van der Waals surface area (Å²) in [5.41, 5.74) is 0.586. The van der Waals surface area contributed by atoms with Gasteiger partial charge in [0, 0.05) is 6.54 Å². The molecular weight excluding hydrogens is 233 g/mol. The van der Waals surface area contributed by atoms with Gasteiger partial charge in [0.05, 0.1) is 12.5 Å². The quantitative estimate of drug-likeness (QED) is 0.811. The zero-order valence-corrected chi connectivity index (χ0v) is 10.8. The summed E-state index contributed by atoms with van der Waals surface area (Å²) in [4.78, 5) is 11.7. The number of hydrogen-bond donors (Lipinski definition) is 2. The molecule has 0 saturated carbocycles. The second-order valence-corrected chi connectivity index (χ2v) is 4.67. The van der Waals surface area contributed by atoms with Crippen LogP contribution in [0.25, 0.3) is 0 Å². The van der Waals surface area contributed by atoms with Crippen LogP contribution in [0.15, 0.2) is 24.3 Å². The lowest BCUT2D eigenvalue weighted by Gasteiger charge is -2.17. The SMILES string of the molecule is CC(C)C(CO)C(=O)NCCc1ccccc1F. The molecule has 1 rings (SSSR count). The Hall–Kier alpha value is -1.42. The summed E-state index contributed by atoms with van der Waals surface area (Å²) in [6.07, 6.45) is 0.453. The Kier molecular flexibility index (Phi) is 5.78. The molecule has 0 heterocycles. The standard InChI is InChI=1S/C14H20FNO2/c1-10(2)12(9-17)14(18)16-8-7-11-5-3-4-6-13(11)15/h3-6,10,12,17H,7-9H2,1-2H3,(H,16,18). The molecule has 0 spiro atoms. The number of aliphatic hydroxyl groups excluding tert-OH is 1. The first-order valence-corrected chi connectivity index (χ1v) is 6.18. The second kappa shape index (κ2) is 7.11. The van der Waals surface area contributed by atoms with Crippen LogP contribution in [-0.2, 0) is 11.2 Å². The Morgan fingerprint density at radius 1 is 1.39 bits per heavy atom. The smallest absolute Gasteiger partial charge is 0.225 e. The molecule has 2 N–H and O–H groups in total. The first-order chi connectivity index (χ1) is 8.56. The average molecular weight is 253 g/mol. The van der Waals surface area contributed by atoms with Gasteiger partial charge >= 0.3 is 0 Å². The van der Waals surface area contributed by atoms with E-state index in [-0.39, 0.29) is 24.2 Å². The molecule has 0 aliphatic heterocycles. The molecule has 3 nitrogen and oxygen atoms in total. The van der Waals surface area contributed by atoms with Gasteiger partial charge in [-0.2, -0.15) is 0 Å². The minimum Gasteiger partial charge on any atom is -0.396 e. The molecule has 0 aliphatic carbocycles. The van der Waals surface area contributed by atoms with Crippen LogP contribution in [0.5, 0.6) is 0 Å². The monoisotopic (exact) mass is 253 g/mol. The summed E-state index contributed by atoms with van der Waals surface area (Å²) < 4.78 is 13.3. The van der Waals surface area contributed by atoms with Crippen LogP contribution in [0.4, 0.5) is 4.39 Å². The third-order valence-corrected chi connectivity index (χ3v) is 2.99. The fourth-order valence-corrected chi connectivity index (χ4v) is 1.75. The van der Waals surface area contributed by atoms with E-state index < -0.39 is 5.92 Å². The Labute approximate surface area is 107 Å². The molecule has 4 heteroatoms. The van der Waals surface area contributed by atoms with Gasteiger partial charge in [0.15, 0.2) is 0 Å². The number of nitrogens with one attached hydrogen (secondary N) is 1. The number of halogens is 1. The van der Waals surface area contributed by atoms with Crippen LogP contribution >= 0.6 is 0 Å². The molecule has 1 unspecified atom stereocenters. The zero-order chi connectivity index (χ0) is 13.5. The molecule has 0 radical (unpaired) electrons. The van der Waals surface area contributed by atoms with Crippen LogP contribution < -0.4 is 5.32 Å². The number of benzene rings is 1. The van der Waals surface area contributed by atoms with E-state index in [4.69, 9.17) is 5.11 Å². The lowest BCUT2D eigenvalue weighted by molar-refractivity contribution is -0.127. The van der Waals surface area contributed by atoms with Crippen molar-refractivity contribution < 1.29 is 14.3 Å². The van der Waals surface area contributed by atoms with Crippen molar-refractivity contribution in [3.8, 4) is 0 Å². The minimum absolute atomic E-state index is 0.0865. The van der Waals surface area contributed by atoms with E-state index in [0.717, 1.165) is 0 Å². The third kappa shape index (κ3) is 4.11. The first-order valence-electron chi connectivity index (χ1n) is 6.18. The van der Waals surface area contributed by atoms with Gasteiger partial charge in [0.25, 0.3) is 0 Å². The second-order valence-electron chi connectivity index (χ2n) is 4.67. The number of amides is 1. The summed E-state index contributed by atoms with van der Waals surface area (Å²) in [6, 6.07) is 6.51. The van der Waals surface area contributed by atoms with Gasteiger partial charge in [-0.1, -0.05) is 32.0 Å². The molecule has 1 amide bonds. The van der Waals surface area contributed by atoms with Crippen molar-refractivity contribution in [1.29, 1.82) is 0 Å². The Balaban J connectivity index is 2.42. The van der Waals surface area contributed by atoms with Gasteiger partial charge in [-0.15, -0.1) is 0 Å². The number of rotatable bonds is 6. The zero-order valence-electron chi connectivity index (χ0n) is 10.8. The van der Waals surface area contributed by atoms with Crippen molar-refractivity contribution in [2.75, 3.05) is 13.2 Å². The molecular formula is C14H20FNO2. The molecule has 100 valence electrons. The number of hydrogen-bond acceptors (Lipinski definition) is 2. The van der Waals surface area contributed by atoms with Crippen LogP contribution in [0.1, 0.15) is 19.4 Å². The summed E-state index contributed by atoms with van der Waals surface area (Å²) in [7, 11) is 0. The van der Waals surface area contributed by atoms with Crippen LogP contribution in [0, 0.1) is 17.7 Å². The highest BCUT2D eigenvalue weighted by Crippen LogP contribution is 2.10. The van der Waals surface area contributed by atoms with Crippen molar-refractivity contribution in [2.24, 2.45) is 11.8 Å². The van der Waals surface area contributed by atoms with Gasteiger partial charge < -0.3 is 10.4 Å². The summed E-state index contributed by atoms with van der Waals surface area (Å²) in [5, 5.41) is 11.8. The maximum absolute atomic E-state index is 13.3. The first kappa shape index (κ1) is 14.6. The van der Waals surface area contributed by atoms with Gasteiger partial charge in [0.2, 0.25) is 5.91 Å². The van der Waals surface area contributed by atoms with E-state index in [1.54, 1.807) is 18.2 Å². The molecule has 18 heavy (non-hydrogen) atoms. The van der Waals surface area contributed by atoms with Crippen LogP contribution in [0.2, 0.25) is 0 Å².